The van der Waals surface area contributed by atoms with Crippen LogP contribution in [0.5, 0.6) is 23.0 Å². The maximum Gasteiger partial charge on any atom is 0.335 e. The lowest BCUT2D eigenvalue weighted by Crippen LogP contribution is -2.21. The Balaban J connectivity index is 2.16. The van der Waals surface area contributed by atoms with Crippen LogP contribution in [0.15, 0.2) is 36.4 Å². The fourth-order valence-electron chi connectivity index (χ4n) is 2.35. The van der Waals surface area contributed by atoms with Gasteiger partial charge in [-0.25, -0.2) is 4.79 Å². The first-order chi connectivity index (χ1) is 13.0. The molecule has 0 aliphatic heterocycles. The van der Waals surface area contributed by atoms with E-state index in [9.17, 15) is 14.7 Å². The zero-order valence-corrected chi connectivity index (χ0v) is 15.3. The normalized spacial score (nSPS) is 10.0. The van der Waals surface area contributed by atoms with Gasteiger partial charge in [-0.05, 0) is 31.2 Å². The molecule has 0 radical (unpaired) electrons. The van der Waals surface area contributed by atoms with Crippen LogP contribution in [0.3, 0.4) is 0 Å². The minimum Gasteiger partial charge on any atom is -0.493 e. The molecule has 8 nitrogen and oxygen atoms in total. The van der Waals surface area contributed by atoms with Crippen LogP contribution in [0.2, 0.25) is 0 Å². The molecule has 0 spiro atoms. The second-order valence-corrected chi connectivity index (χ2v) is 5.28. The van der Waals surface area contributed by atoms with Crippen LogP contribution in [-0.4, -0.2) is 44.4 Å². The van der Waals surface area contributed by atoms with Gasteiger partial charge in [-0.15, -0.1) is 0 Å². The summed E-state index contributed by atoms with van der Waals surface area (Å²) in [7, 11) is 2.77. The SMILES string of the molecule is CCOc1ccccc1OCC(=O)Nc1cc(C(=O)O)cc(OC)c1OC. The van der Waals surface area contributed by atoms with Gasteiger partial charge in [0.2, 0.25) is 0 Å². The van der Waals surface area contributed by atoms with Crippen LogP contribution in [-0.2, 0) is 4.79 Å². The number of rotatable bonds is 9. The van der Waals surface area contributed by atoms with Gasteiger partial charge in [-0.2, -0.15) is 0 Å². The zero-order valence-electron chi connectivity index (χ0n) is 15.3. The second-order valence-electron chi connectivity index (χ2n) is 5.28. The van der Waals surface area contributed by atoms with Crippen molar-refractivity contribution in [3.8, 4) is 23.0 Å². The van der Waals surface area contributed by atoms with Crippen LogP contribution in [0.25, 0.3) is 0 Å². The number of anilines is 1. The fraction of sp³-hybridized carbons (Fsp3) is 0.263. The van der Waals surface area contributed by atoms with Crippen LogP contribution >= 0.6 is 0 Å². The molecule has 0 saturated carbocycles. The predicted octanol–water partition coefficient (Wildman–Crippen LogP) is 2.82. The molecule has 0 atom stereocenters. The van der Waals surface area contributed by atoms with E-state index in [-0.39, 0.29) is 29.4 Å². The molecule has 2 rings (SSSR count). The summed E-state index contributed by atoms with van der Waals surface area (Å²) in [5.74, 6) is -0.295. The summed E-state index contributed by atoms with van der Waals surface area (Å²) in [5.41, 5.74) is 0.117. The molecule has 0 bridgehead atoms. The molecule has 0 saturated heterocycles. The number of carbonyl (C=O) groups is 2. The van der Waals surface area contributed by atoms with Crippen molar-refractivity contribution in [2.75, 3.05) is 32.8 Å². The largest absolute Gasteiger partial charge is 0.493 e. The molecule has 144 valence electrons. The number of carbonyl (C=O) groups excluding carboxylic acids is 1. The van der Waals surface area contributed by atoms with E-state index in [1.807, 2.05) is 6.92 Å². The topological polar surface area (TPSA) is 103 Å². The van der Waals surface area contributed by atoms with E-state index in [0.717, 1.165) is 0 Å². The quantitative estimate of drug-likeness (QED) is 0.694. The summed E-state index contributed by atoms with van der Waals surface area (Å²) >= 11 is 0. The lowest BCUT2D eigenvalue weighted by molar-refractivity contribution is -0.118. The lowest BCUT2D eigenvalue weighted by Gasteiger charge is -2.15. The minimum absolute atomic E-state index is 0.0504. The van der Waals surface area contributed by atoms with Crippen LogP contribution in [0.4, 0.5) is 5.69 Å². The summed E-state index contributed by atoms with van der Waals surface area (Å²) in [5, 5.41) is 11.8. The molecule has 0 fully saturated rings. The predicted molar refractivity (Wildman–Crippen MR) is 98.2 cm³/mol. The molecule has 1 amide bonds. The average molecular weight is 375 g/mol. The molecule has 0 aromatic heterocycles. The number of benzene rings is 2. The maximum atomic E-state index is 12.3. The van der Waals surface area contributed by atoms with Crippen molar-refractivity contribution in [3.63, 3.8) is 0 Å². The number of hydrogen-bond donors (Lipinski definition) is 2. The number of para-hydroxylation sites is 2. The van der Waals surface area contributed by atoms with Gasteiger partial charge in [0.25, 0.3) is 5.91 Å². The van der Waals surface area contributed by atoms with Gasteiger partial charge in [-0.1, -0.05) is 12.1 Å². The number of carboxylic acid groups (broad SMARTS) is 1. The highest BCUT2D eigenvalue weighted by molar-refractivity contribution is 5.97. The molecule has 2 aromatic rings. The first-order valence-electron chi connectivity index (χ1n) is 8.13. The zero-order chi connectivity index (χ0) is 19.8. The van der Waals surface area contributed by atoms with E-state index >= 15 is 0 Å². The highest BCUT2D eigenvalue weighted by Crippen LogP contribution is 2.36. The van der Waals surface area contributed by atoms with Gasteiger partial charge in [-0.3, -0.25) is 4.79 Å². The third-order valence-electron chi connectivity index (χ3n) is 3.51. The molecule has 0 heterocycles. The second kappa shape index (κ2) is 9.33. The Labute approximate surface area is 156 Å². The molecule has 2 aromatic carbocycles. The molecule has 0 unspecified atom stereocenters. The van der Waals surface area contributed by atoms with Crippen LogP contribution < -0.4 is 24.3 Å². The molecular formula is C19H21NO7. The average Bonchev–Trinajstić information content (AvgIpc) is 2.66. The summed E-state index contributed by atoms with van der Waals surface area (Å²) in [6.45, 7) is 2.01. The monoisotopic (exact) mass is 375 g/mol. The van der Waals surface area contributed by atoms with E-state index in [4.69, 9.17) is 18.9 Å². The Morgan fingerprint density at radius 1 is 1.00 bits per heavy atom. The smallest absolute Gasteiger partial charge is 0.335 e. The Bertz CT molecular complexity index is 820. The first-order valence-corrected chi connectivity index (χ1v) is 8.13. The Morgan fingerprint density at radius 2 is 1.67 bits per heavy atom. The van der Waals surface area contributed by atoms with E-state index < -0.39 is 11.9 Å². The van der Waals surface area contributed by atoms with Gasteiger partial charge in [0.05, 0.1) is 32.1 Å². The number of carboxylic acids is 1. The van der Waals surface area contributed by atoms with Crippen molar-refractivity contribution >= 4 is 17.6 Å². The van der Waals surface area contributed by atoms with Gasteiger partial charge >= 0.3 is 5.97 Å². The van der Waals surface area contributed by atoms with Crippen LogP contribution in [0, 0.1) is 0 Å². The summed E-state index contributed by atoms with van der Waals surface area (Å²) in [4.78, 5) is 23.6. The number of nitrogens with one attached hydrogen (secondary N) is 1. The van der Waals surface area contributed by atoms with Crippen molar-refractivity contribution in [2.45, 2.75) is 6.92 Å². The highest BCUT2D eigenvalue weighted by atomic mass is 16.5. The Hall–Kier alpha value is -3.42. The minimum atomic E-state index is -1.16. The van der Waals surface area contributed by atoms with E-state index in [0.29, 0.717) is 18.1 Å². The molecular weight excluding hydrogens is 354 g/mol. The van der Waals surface area contributed by atoms with Crippen LogP contribution in [0.1, 0.15) is 17.3 Å². The molecule has 0 aliphatic carbocycles. The maximum absolute atomic E-state index is 12.3. The Morgan fingerprint density at radius 3 is 2.22 bits per heavy atom. The summed E-state index contributed by atoms with van der Waals surface area (Å²) in [6.07, 6.45) is 0. The molecule has 27 heavy (non-hydrogen) atoms. The third kappa shape index (κ3) is 5.04. The van der Waals surface area contributed by atoms with E-state index in [2.05, 4.69) is 5.32 Å². The van der Waals surface area contributed by atoms with Crippen molar-refractivity contribution in [2.24, 2.45) is 0 Å². The fourth-order valence-corrected chi connectivity index (χ4v) is 2.35. The molecule has 8 heteroatoms. The van der Waals surface area contributed by atoms with E-state index in [1.165, 1.54) is 26.4 Å². The first kappa shape index (κ1) is 19.9. The Kier molecular flexibility index (Phi) is 6.87. The van der Waals surface area contributed by atoms with Crippen molar-refractivity contribution < 1.29 is 33.6 Å². The number of amides is 1. The molecule has 2 N–H and O–H groups in total. The van der Waals surface area contributed by atoms with Gasteiger partial charge in [0.15, 0.2) is 29.6 Å². The van der Waals surface area contributed by atoms with Crippen molar-refractivity contribution in [1.82, 2.24) is 0 Å². The lowest BCUT2D eigenvalue weighted by atomic mass is 10.1. The number of methoxy groups -OCH3 is 2. The van der Waals surface area contributed by atoms with Gasteiger partial charge in [0, 0.05) is 0 Å². The standard InChI is InChI=1S/C19H21NO7/c1-4-26-14-7-5-6-8-15(14)27-11-17(21)20-13-9-12(19(22)23)10-16(24-2)18(13)25-3/h5-10H,4,11H2,1-3H3,(H,20,21)(H,22,23). The van der Waals surface area contributed by atoms with Crippen molar-refractivity contribution in [3.05, 3.63) is 42.0 Å². The summed E-state index contributed by atoms with van der Waals surface area (Å²) < 4.78 is 21.3. The third-order valence-corrected chi connectivity index (χ3v) is 3.51. The van der Waals surface area contributed by atoms with Gasteiger partial charge in [0.1, 0.15) is 0 Å². The highest BCUT2D eigenvalue weighted by Gasteiger charge is 2.18. The van der Waals surface area contributed by atoms with Gasteiger partial charge < -0.3 is 29.4 Å². The number of aromatic carboxylic acids is 1. The van der Waals surface area contributed by atoms with Crippen molar-refractivity contribution in [1.29, 1.82) is 0 Å². The number of hydrogen-bond acceptors (Lipinski definition) is 6. The van der Waals surface area contributed by atoms with E-state index in [1.54, 1.807) is 24.3 Å². The molecule has 0 aliphatic rings. The summed E-state index contributed by atoms with van der Waals surface area (Å²) in [6, 6.07) is 9.59. The number of ether oxygens (including phenoxy) is 4.